The third-order valence-electron chi connectivity index (χ3n) is 5.67. The van der Waals surface area contributed by atoms with Crippen molar-refractivity contribution in [1.82, 2.24) is 10.2 Å². The predicted molar refractivity (Wildman–Crippen MR) is 103 cm³/mol. The first kappa shape index (κ1) is 28.7. The summed E-state index contributed by atoms with van der Waals surface area (Å²) in [5, 5.41) is 21.1. The van der Waals surface area contributed by atoms with Crippen molar-refractivity contribution < 1.29 is 96.3 Å². The van der Waals surface area contributed by atoms with Crippen LogP contribution >= 0.6 is 0 Å². The summed E-state index contributed by atoms with van der Waals surface area (Å²) in [4.78, 5) is 35.5. The van der Waals surface area contributed by atoms with Gasteiger partial charge in [-0.1, -0.05) is 0 Å². The van der Waals surface area contributed by atoms with Gasteiger partial charge in [-0.15, -0.1) is 0 Å². The number of fused-ring (bicyclic) bond motifs is 4. The molecule has 0 aromatic heterocycles. The van der Waals surface area contributed by atoms with Gasteiger partial charge in [0.1, 0.15) is 5.60 Å². The number of amides is 1. The van der Waals surface area contributed by atoms with E-state index in [-0.39, 0.29) is 88.2 Å². The number of nitrogens with one attached hydrogen (secondary N) is 1. The van der Waals surface area contributed by atoms with Gasteiger partial charge in [0.2, 0.25) is 0 Å². The average Bonchev–Trinajstić information content (AvgIpc) is 3.03. The Kier molecular flexibility index (Phi) is 10.8. The molecule has 4 fully saturated rings. The second-order valence-corrected chi connectivity index (χ2v) is 9.01. The fourth-order valence-electron chi connectivity index (χ4n) is 4.41. The third kappa shape index (κ3) is 7.07. The summed E-state index contributed by atoms with van der Waals surface area (Å²) >= 11 is 0. The van der Waals surface area contributed by atoms with Crippen molar-refractivity contribution in [2.45, 2.75) is 63.4 Å². The maximum absolute atomic E-state index is 12.1. The second kappa shape index (κ2) is 11.7. The van der Waals surface area contributed by atoms with Crippen molar-refractivity contribution >= 4 is 18.0 Å². The summed E-state index contributed by atoms with van der Waals surface area (Å²) in [5.74, 6) is -2.36. The van der Waals surface area contributed by atoms with E-state index < -0.39 is 35.6 Å². The van der Waals surface area contributed by atoms with Crippen LogP contribution in [0, 0.1) is 11.8 Å². The SMILES string of the molecule is CC(C)(C)OC(=O)N1C2COCC1C(C(=O)O)C2.F.O=C(O)C1CC2COCC1N2.[H-].[K+]. The third-order valence-corrected chi connectivity index (χ3v) is 5.67. The van der Waals surface area contributed by atoms with Crippen LogP contribution in [0.2, 0.25) is 0 Å². The van der Waals surface area contributed by atoms with Crippen LogP contribution in [0.25, 0.3) is 0 Å². The number of carbonyl (C=O) groups is 3. The summed E-state index contributed by atoms with van der Waals surface area (Å²) in [5.41, 5.74) is -0.576. The van der Waals surface area contributed by atoms with Gasteiger partial charge in [0.15, 0.2) is 0 Å². The largest absolute Gasteiger partial charge is 1.00 e. The molecule has 4 aliphatic rings. The first-order valence-electron chi connectivity index (χ1n) is 9.95. The maximum Gasteiger partial charge on any atom is 1.00 e. The molecule has 0 aliphatic carbocycles. The van der Waals surface area contributed by atoms with Gasteiger partial charge >= 0.3 is 69.4 Å². The van der Waals surface area contributed by atoms with Crippen molar-refractivity contribution in [1.29, 1.82) is 0 Å². The van der Waals surface area contributed by atoms with Crippen LogP contribution < -0.4 is 56.7 Å². The molecule has 12 heteroatoms. The molecular formula is C19H32FKN2O8. The number of ether oxygens (including phenoxy) is 3. The Bertz CT molecular complexity index is 668. The number of nitrogens with zero attached hydrogens (tertiary/aromatic N) is 1. The Labute approximate surface area is 224 Å². The fraction of sp³-hybridized carbons (Fsp3) is 0.842. The van der Waals surface area contributed by atoms with Crippen LogP contribution in [-0.2, 0) is 23.8 Å². The molecule has 4 saturated heterocycles. The normalized spacial score (nSPS) is 33.2. The minimum absolute atomic E-state index is 0. The average molecular weight is 475 g/mol. The van der Waals surface area contributed by atoms with Crippen LogP contribution in [0.3, 0.4) is 0 Å². The topological polar surface area (TPSA) is 135 Å². The van der Waals surface area contributed by atoms with Crippen molar-refractivity contribution in [2.24, 2.45) is 11.8 Å². The number of aliphatic carboxylic acids is 2. The molecule has 0 radical (unpaired) electrons. The maximum atomic E-state index is 12.1. The molecule has 4 heterocycles. The van der Waals surface area contributed by atoms with Crippen molar-refractivity contribution in [2.75, 3.05) is 26.4 Å². The zero-order chi connectivity index (χ0) is 21.3. The van der Waals surface area contributed by atoms with E-state index in [1.54, 1.807) is 25.7 Å². The molecule has 4 bridgehead atoms. The van der Waals surface area contributed by atoms with Crippen molar-refractivity contribution in [3.8, 4) is 0 Å². The van der Waals surface area contributed by atoms with Gasteiger partial charge in [-0.3, -0.25) is 19.2 Å². The van der Waals surface area contributed by atoms with Crippen LogP contribution in [0.15, 0.2) is 0 Å². The number of hydrogen-bond donors (Lipinski definition) is 3. The minimum atomic E-state index is -0.874. The number of carbonyl (C=O) groups excluding carboxylic acids is 1. The summed E-state index contributed by atoms with van der Waals surface area (Å²) in [6.07, 6.45) is 0.726. The Morgan fingerprint density at radius 1 is 1.00 bits per heavy atom. The molecule has 4 rings (SSSR count). The van der Waals surface area contributed by atoms with Gasteiger partial charge in [-0.2, -0.15) is 0 Å². The number of carboxylic acid groups (broad SMARTS) is 2. The summed E-state index contributed by atoms with van der Waals surface area (Å²) in [6.45, 7) is 7.26. The molecule has 6 unspecified atom stereocenters. The molecule has 1 amide bonds. The summed E-state index contributed by atoms with van der Waals surface area (Å²) < 4.78 is 15.9. The van der Waals surface area contributed by atoms with E-state index in [1.807, 2.05) is 0 Å². The monoisotopic (exact) mass is 474 g/mol. The molecule has 0 aromatic carbocycles. The number of carboxylic acids is 2. The van der Waals surface area contributed by atoms with E-state index in [2.05, 4.69) is 5.32 Å². The van der Waals surface area contributed by atoms with E-state index in [0.29, 0.717) is 26.2 Å². The Morgan fingerprint density at radius 3 is 2.16 bits per heavy atom. The standard InChI is InChI=1S/C12H19NO5.C7H11NO3.FH.K.H/c1-12(2,3)18-11(16)13-7-4-8(10(14)15)9(13)6-17-5-7;9-7(10)5-1-4-2-11-3-6(5)8-4;;;/h7-9H,4-6H2,1-3H3,(H,14,15);4-6,8H,1-3H2,(H,9,10);1H;;/q;;;+1;-1. The van der Waals surface area contributed by atoms with Crippen LogP contribution in [0.5, 0.6) is 0 Å². The molecule has 0 aromatic rings. The summed E-state index contributed by atoms with van der Waals surface area (Å²) in [7, 11) is 0. The molecule has 0 saturated carbocycles. The van der Waals surface area contributed by atoms with E-state index in [0.717, 1.165) is 6.42 Å². The van der Waals surface area contributed by atoms with Gasteiger partial charge in [0.05, 0.1) is 50.3 Å². The Balaban J connectivity index is 0.000000598. The van der Waals surface area contributed by atoms with Crippen molar-refractivity contribution in [3.05, 3.63) is 0 Å². The Hall–Kier alpha value is -0.344. The van der Waals surface area contributed by atoms with Gasteiger partial charge in [0.25, 0.3) is 0 Å². The number of hydrogen-bond acceptors (Lipinski definition) is 7. The predicted octanol–water partition coefficient (Wildman–Crippen LogP) is -2.19. The molecule has 0 spiro atoms. The van der Waals surface area contributed by atoms with Crippen LogP contribution in [0.1, 0.15) is 35.0 Å². The van der Waals surface area contributed by atoms with E-state index in [9.17, 15) is 14.4 Å². The molecule has 174 valence electrons. The molecule has 3 N–H and O–H groups in total. The number of rotatable bonds is 2. The fourth-order valence-corrected chi connectivity index (χ4v) is 4.41. The molecule has 4 aliphatic heterocycles. The van der Waals surface area contributed by atoms with Crippen LogP contribution in [0.4, 0.5) is 9.50 Å². The van der Waals surface area contributed by atoms with Gasteiger partial charge < -0.3 is 31.2 Å². The van der Waals surface area contributed by atoms with E-state index in [4.69, 9.17) is 24.4 Å². The van der Waals surface area contributed by atoms with Gasteiger partial charge in [-0.25, -0.2) is 4.79 Å². The first-order valence-corrected chi connectivity index (χ1v) is 9.95. The quantitative estimate of drug-likeness (QED) is 0.382. The zero-order valence-electron chi connectivity index (χ0n) is 19.4. The number of morpholine rings is 2. The molecular weight excluding hydrogens is 442 g/mol. The van der Waals surface area contributed by atoms with Gasteiger partial charge in [0, 0.05) is 12.1 Å². The molecule has 6 atom stereocenters. The Morgan fingerprint density at radius 2 is 1.61 bits per heavy atom. The molecule has 10 nitrogen and oxygen atoms in total. The minimum Gasteiger partial charge on any atom is -1.00 e. The van der Waals surface area contributed by atoms with E-state index in [1.165, 1.54) is 0 Å². The zero-order valence-corrected chi connectivity index (χ0v) is 21.5. The van der Waals surface area contributed by atoms with Crippen molar-refractivity contribution in [3.63, 3.8) is 0 Å². The first-order chi connectivity index (χ1) is 13.6. The van der Waals surface area contributed by atoms with Crippen LogP contribution in [-0.4, -0.2) is 89.3 Å². The smallest absolute Gasteiger partial charge is 1.00 e. The molecule has 31 heavy (non-hydrogen) atoms. The van der Waals surface area contributed by atoms with E-state index >= 15 is 0 Å². The number of halogens is 1. The summed E-state index contributed by atoms with van der Waals surface area (Å²) in [6, 6.07) is -0.267. The second-order valence-electron chi connectivity index (χ2n) is 9.01. The van der Waals surface area contributed by atoms with Gasteiger partial charge in [-0.05, 0) is 33.6 Å².